The van der Waals surface area contributed by atoms with E-state index in [9.17, 15) is 8.78 Å². The lowest BCUT2D eigenvalue weighted by Gasteiger charge is -2.29. The van der Waals surface area contributed by atoms with Crippen molar-refractivity contribution < 1.29 is 8.78 Å². The van der Waals surface area contributed by atoms with E-state index in [-0.39, 0.29) is 0 Å². The Kier molecular flexibility index (Phi) is 8.22. The maximum absolute atomic E-state index is 13.7. The second kappa shape index (κ2) is 11.0. The maximum atomic E-state index is 13.7. The fourth-order valence-corrected chi connectivity index (χ4v) is 5.99. The molecular weight excluding hydrogens is 522 g/mol. The van der Waals surface area contributed by atoms with Crippen LogP contribution < -0.4 is 0 Å². The Labute approximate surface area is 221 Å². The number of halogens is 3. The SMILES string of the molecule is CC.CN(C)C1CCc2cc(F)c(F)c3ccn(c23)C1.CN(C)C1Cc2cccc3c(Br)cn(c23)C1. The second-order valence-corrected chi connectivity index (χ2v) is 10.8. The average molecular weight is 560 g/mol. The Balaban J connectivity index is 0.000000159. The molecule has 0 saturated heterocycles. The summed E-state index contributed by atoms with van der Waals surface area (Å²) in [5.74, 6) is -1.46. The molecule has 2 aliphatic heterocycles. The van der Waals surface area contributed by atoms with E-state index in [1.807, 2.05) is 38.7 Å². The van der Waals surface area contributed by atoms with Crippen LogP contribution in [0, 0.1) is 11.6 Å². The molecule has 6 rings (SSSR count). The van der Waals surface area contributed by atoms with Crippen LogP contribution >= 0.6 is 15.9 Å². The third kappa shape index (κ3) is 4.98. The molecule has 0 bridgehead atoms. The molecule has 0 aliphatic carbocycles. The molecule has 2 aromatic carbocycles. The van der Waals surface area contributed by atoms with E-state index in [1.54, 1.807) is 6.07 Å². The van der Waals surface area contributed by atoms with Gasteiger partial charge in [-0.05, 0) is 86.6 Å². The van der Waals surface area contributed by atoms with Gasteiger partial charge in [-0.15, -0.1) is 0 Å². The molecule has 194 valence electrons. The predicted molar refractivity (Wildman–Crippen MR) is 150 cm³/mol. The van der Waals surface area contributed by atoms with Crippen molar-refractivity contribution in [1.82, 2.24) is 18.9 Å². The highest BCUT2D eigenvalue weighted by atomic mass is 79.9. The molecule has 2 aromatic heterocycles. The highest BCUT2D eigenvalue weighted by Crippen LogP contribution is 2.33. The summed E-state index contributed by atoms with van der Waals surface area (Å²) in [6.07, 6.45) is 6.98. The summed E-state index contributed by atoms with van der Waals surface area (Å²) >= 11 is 3.64. The van der Waals surface area contributed by atoms with Crippen LogP contribution in [0.2, 0.25) is 0 Å². The molecule has 4 aromatic rings. The van der Waals surface area contributed by atoms with E-state index in [2.05, 4.69) is 68.8 Å². The number of rotatable bonds is 2. The summed E-state index contributed by atoms with van der Waals surface area (Å²) in [5.41, 5.74) is 4.65. The topological polar surface area (TPSA) is 16.3 Å². The van der Waals surface area contributed by atoms with E-state index >= 15 is 0 Å². The molecular formula is C29H37BrF2N4. The normalized spacial score (nSPS) is 18.6. The Morgan fingerprint density at radius 1 is 0.861 bits per heavy atom. The van der Waals surface area contributed by atoms with Crippen LogP contribution in [0.5, 0.6) is 0 Å². The van der Waals surface area contributed by atoms with Crippen molar-refractivity contribution in [1.29, 1.82) is 0 Å². The predicted octanol–water partition coefficient (Wildman–Crippen LogP) is 6.71. The largest absolute Gasteiger partial charge is 0.346 e. The first kappa shape index (κ1) is 26.8. The van der Waals surface area contributed by atoms with Gasteiger partial charge in [-0.25, -0.2) is 8.78 Å². The van der Waals surface area contributed by atoms with E-state index in [0.29, 0.717) is 17.5 Å². The van der Waals surface area contributed by atoms with Gasteiger partial charge in [0.15, 0.2) is 11.6 Å². The fraction of sp³-hybridized carbons (Fsp3) is 0.448. The molecule has 2 unspecified atom stereocenters. The van der Waals surface area contributed by atoms with Gasteiger partial charge in [-0.1, -0.05) is 32.0 Å². The minimum Gasteiger partial charge on any atom is -0.346 e. The fourth-order valence-electron chi connectivity index (χ4n) is 5.42. The molecule has 0 saturated carbocycles. The highest BCUT2D eigenvalue weighted by molar-refractivity contribution is 9.10. The number of hydrogen-bond donors (Lipinski definition) is 0. The Bertz CT molecular complexity index is 1350. The zero-order chi connectivity index (χ0) is 26.1. The maximum Gasteiger partial charge on any atom is 0.168 e. The van der Waals surface area contributed by atoms with Crippen LogP contribution in [-0.2, 0) is 25.9 Å². The van der Waals surface area contributed by atoms with Crippen LogP contribution in [0.15, 0.2) is 47.2 Å². The van der Waals surface area contributed by atoms with E-state index < -0.39 is 11.6 Å². The van der Waals surface area contributed by atoms with Gasteiger partial charge in [-0.3, -0.25) is 0 Å². The van der Waals surface area contributed by atoms with E-state index in [4.69, 9.17) is 0 Å². The van der Waals surface area contributed by atoms with Crippen LogP contribution in [0.3, 0.4) is 0 Å². The van der Waals surface area contributed by atoms with E-state index in [1.165, 1.54) is 27.0 Å². The summed E-state index contributed by atoms with van der Waals surface area (Å²) in [5, 5.41) is 1.75. The number of benzene rings is 2. The summed E-state index contributed by atoms with van der Waals surface area (Å²) < 4.78 is 32.9. The summed E-state index contributed by atoms with van der Waals surface area (Å²) in [4.78, 5) is 4.49. The van der Waals surface area contributed by atoms with Crippen molar-refractivity contribution in [3.05, 3.63) is 70.0 Å². The van der Waals surface area contributed by atoms with Gasteiger partial charge in [0.2, 0.25) is 0 Å². The minimum absolute atomic E-state index is 0.402. The first-order chi connectivity index (χ1) is 17.2. The van der Waals surface area contributed by atoms with Crippen LogP contribution in [0.4, 0.5) is 8.78 Å². The van der Waals surface area contributed by atoms with Gasteiger partial charge in [0.25, 0.3) is 0 Å². The Morgan fingerprint density at radius 2 is 1.53 bits per heavy atom. The monoisotopic (exact) mass is 558 g/mol. The van der Waals surface area contributed by atoms with Crippen molar-refractivity contribution in [3.63, 3.8) is 0 Å². The zero-order valence-corrected chi connectivity index (χ0v) is 23.7. The molecule has 0 spiro atoms. The van der Waals surface area contributed by atoms with Crippen molar-refractivity contribution in [2.24, 2.45) is 0 Å². The van der Waals surface area contributed by atoms with Crippen molar-refractivity contribution in [2.75, 3.05) is 28.2 Å². The molecule has 7 heteroatoms. The molecule has 4 heterocycles. The third-order valence-electron chi connectivity index (χ3n) is 7.43. The lowest BCUT2D eigenvalue weighted by atomic mass is 9.99. The van der Waals surface area contributed by atoms with Crippen LogP contribution in [0.1, 0.15) is 31.4 Å². The molecule has 4 nitrogen and oxygen atoms in total. The molecule has 0 amide bonds. The van der Waals surface area contributed by atoms with Crippen LogP contribution in [-0.4, -0.2) is 59.2 Å². The average Bonchev–Trinajstić information content (AvgIpc) is 3.37. The lowest BCUT2D eigenvalue weighted by Crippen LogP contribution is -2.36. The second-order valence-electron chi connectivity index (χ2n) is 9.98. The van der Waals surface area contributed by atoms with Crippen molar-refractivity contribution in [2.45, 2.75) is 58.3 Å². The first-order valence-corrected chi connectivity index (χ1v) is 13.6. The molecule has 2 aliphatic rings. The van der Waals surface area contributed by atoms with Crippen molar-refractivity contribution in [3.8, 4) is 0 Å². The zero-order valence-electron chi connectivity index (χ0n) is 22.2. The smallest absolute Gasteiger partial charge is 0.168 e. The van der Waals surface area contributed by atoms with Gasteiger partial charge in [-0.2, -0.15) is 0 Å². The molecule has 36 heavy (non-hydrogen) atoms. The quantitative estimate of drug-likeness (QED) is 0.272. The summed E-state index contributed by atoms with van der Waals surface area (Å²) in [6.45, 7) is 5.92. The van der Waals surface area contributed by atoms with Crippen LogP contribution in [0.25, 0.3) is 21.8 Å². The minimum atomic E-state index is -0.737. The van der Waals surface area contributed by atoms with E-state index in [0.717, 1.165) is 43.4 Å². The summed E-state index contributed by atoms with van der Waals surface area (Å²) in [7, 11) is 8.41. The summed E-state index contributed by atoms with van der Waals surface area (Å²) in [6, 6.07) is 10.6. The number of aromatic nitrogens is 2. The molecule has 0 N–H and O–H groups in total. The Hall–Kier alpha value is -2.22. The van der Waals surface area contributed by atoms with Gasteiger partial charge >= 0.3 is 0 Å². The number of aryl methyl sites for hydroxylation is 1. The number of hydrogen-bond acceptors (Lipinski definition) is 2. The highest BCUT2D eigenvalue weighted by Gasteiger charge is 2.24. The molecule has 2 atom stereocenters. The van der Waals surface area contributed by atoms with Gasteiger partial charge in [0, 0.05) is 52.8 Å². The lowest BCUT2D eigenvalue weighted by molar-refractivity contribution is 0.256. The number of likely N-dealkylation sites (N-methyl/N-ethyl adjacent to an activating group) is 2. The first-order valence-electron chi connectivity index (χ1n) is 12.8. The third-order valence-corrected chi connectivity index (χ3v) is 8.06. The molecule has 0 fully saturated rings. The van der Waals surface area contributed by atoms with Crippen molar-refractivity contribution >= 4 is 37.7 Å². The number of nitrogens with zero attached hydrogens (tertiary/aromatic N) is 4. The van der Waals surface area contributed by atoms with Gasteiger partial charge < -0.3 is 18.9 Å². The van der Waals surface area contributed by atoms with Gasteiger partial charge in [0.1, 0.15) is 0 Å². The standard InChI is InChI=1S/C14H16F2N2.C13H15BrN2.C2H6/c1-17(2)10-4-3-9-7-12(15)13(16)11-5-6-18(8-10)14(9)11;1-15(2)10-6-9-4-3-5-11-12(14)8-16(7-10)13(9)11;1-2/h5-7,10H,3-4,8H2,1-2H3;3-5,8,10H,6-7H2,1-2H3;1-2H3. The van der Waals surface area contributed by atoms with Gasteiger partial charge in [0.05, 0.1) is 11.0 Å². The molecule has 0 radical (unpaired) electrons. The number of para-hydroxylation sites is 1. The Morgan fingerprint density at radius 3 is 2.22 bits per heavy atom.